The molecule has 0 aliphatic carbocycles. The fraction of sp³-hybridized carbons (Fsp3) is 0.562. The SMILES string of the molecule is CC[C@H](C)NC(=O)CN(CC)S(=O)(=O)c1cc(C)ccc1OC. The highest BCUT2D eigenvalue weighted by Crippen LogP contribution is 2.27. The quantitative estimate of drug-likeness (QED) is 0.783. The van der Waals surface area contributed by atoms with Gasteiger partial charge in [-0.3, -0.25) is 4.79 Å². The monoisotopic (exact) mass is 342 g/mol. The van der Waals surface area contributed by atoms with E-state index in [1.807, 2.05) is 20.8 Å². The second kappa shape index (κ2) is 8.31. The van der Waals surface area contributed by atoms with Crippen LogP contribution in [0.15, 0.2) is 23.1 Å². The first kappa shape index (κ1) is 19.4. The van der Waals surface area contributed by atoms with Gasteiger partial charge in [0.25, 0.3) is 0 Å². The first-order chi connectivity index (χ1) is 10.8. The summed E-state index contributed by atoms with van der Waals surface area (Å²) in [7, 11) is -2.38. The summed E-state index contributed by atoms with van der Waals surface area (Å²) in [6, 6.07) is 4.97. The second-order valence-corrected chi connectivity index (χ2v) is 7.37. The van der Waals surface area contributed by atoms with E-state index >= 15 is 0 Å². The van der Waals surface area contributed by atoms with Gasteiger partial charge in [0.05, 0.1) is 13.7 Å². The van der Waals surface area contributed by atoms with Gasteiger partial charge in [-0.2, -0.15) is 4.31 Å². The van der Waals surface area contributed by atoms with Gasteiger partial charge in [-0.1, -0.05) is 19.9 Å². The van der Waals surface area contributed by atoms with E-state index in [-0.39, 0.29) is 35.7 Å². The number of hydrogen-bond acceptors (Lipinski definition) is 4. The molecule has 23 heavy (non-hydrogen) atoms. The molecule has 0 aliphatic rings. The number of benzene rings is 1. The maximum atomic E-state index is 12.9. The Morgan fingerprint density at radius 1 is 1.35 bits per heavy atom. The van der Waals surface area contributed by atoms with Gasteiger partial charge in [-0.15, -0.1) is 0 Å². The van der Waals surface area contributed by atoms with Crippen LogP contribution in [0.25, 0.3) is 0 Å². The first-order valence-electron chi connectivity index (χ1n) is 7.70. The lowest BCUT2D eigenvalue weighted by molar-refractivity contribution is -0.121. The third-order valence-corrected chi connectivity index (χ3v) is 5.57. The van der Waals surface area contributed by atoms with E-state index in [0.717, 1.165) is 16.3 Å². The van der Waals surface area contributed by atoms with E-state index in [9.17, 15) is 13.2 Å². The lowest BCUT2D eigenvalue weighted by Gasteiger charge is -2.22. The minimum atomic E-state index is -3.81. The van der Waals surface area contributed by atoms with E-state index in [0.29, 0.717) is 0 Å². The molecule has 130 valence electrons. The summed E-state index contributed by atoms with van der Waals surface area (Å²) in [5.41, 5.74) is 0.810. The fourth-order valence-corrected chi connectivity index (χ4v) is 3.72. The Morgan fingerprint density at radius 3 is 2.52 bits per heavy atom. The summed E-state index contributed by atoms with van der Waals surface area (Å²) >= 11 is 0. The average Bonchev–Trinajstić information content (AvgIpc) is 2.52. The summed E-state index contributed by atoms with van der Waals surface area (Å²) in [6.45, 7) is 7.34. The molecule has 0 saturated heterocycles. The van der Waals surface area contributed by atoms with Gasteiger partial charge in [0.15, 0.2) is 0 Å². The van der Waals surface area contributed by atoms with Crippen LogP contribution in [0.3, 0.4) is 0 Å². The van der Waals surface area contributed by atoms with E-state index in [2.05, 4.69) is 5.32 Å². The number of carbonyl (C=O) groups is 1. The third kappa shape index (κ3) is 4.94. The van der Waals surface area contributed by atoms with Gasteiger partial charge in [-0.25, -0.2) is 8.42 Å². The number of methoxy groups -OCH3 is 1. The van der Waals surface area contributed by atoms with Crippen LogP contribution in [0.5, 0.6) is 5.75 Å². The molecule has 0 aliphatic heterocycles. The van der Waals surface area contributed by atoms with E-state index in [4.69, 9.17) is 4.74 Å². The van der Waals surface area contributed by atoms with Crippen molar-refractivity contribution in [3.05, 3.63) is 23.8 Å². The zero-order chi connectivity index (χ0) is 17.6. The Bertz CT molecular complexity index is 643. The maximum Gasteiger partial charge on any atom is 0.247 e. The second-order valence-electron chi connectivity index (χ2n) is 5.46. The van der Waals surface area contributed by atoms with Crippen LogP contribution in [-0.4, -0.2) is 44.9 Å². The number of aryl methyl sites for hydroxylation is 1. The molecule has 1 amide bonds. The number of likely N-dealkylation sites (N-methyl/N-ethyl adjacent to an activating group) is 1. The van der Waals surface area contributed by atoms with Crippen LogP contribution in [-0.2, 0) is 14.8 Å². The number of sulfonamides is 1. The predicted molar refractivity (Wildman–Crippen MR) is 90.1 cm³/mol. The molecule has 1 N–H and O–H groups in total. The summed E-state index contributed by atoms with van der Waals surface area (Å²) in [5.74, 6) is -0.0345. The molecule has 1 aromatic carbocycles. The summed E-state index contributed by atoms with van der Waals surface area (Å²) in [4.78, 5) is 12.1. The number of carbonyl (C=O) groups excluding carboxylic acids is 1. The maximum absolute atomic E-state index is 12.9. The normalized spacial score (nSPS) is 13.0. The van der Waals surface area contributed by atoms with Gasteiger partial charge in [0.2, 0.25) is 15.9 Å². The van der Waals surface area contributed by atoms with Crippen LogP contribution < -0.4 is 10.1 Å². The molecule has 0 fully saturated rings. The van der Waals surface area contributed by atoms with Gasteiger partial charge in [0, 0.05) is 12.6 Å². The highest BCUT2D eigenvalue weighted by atomic mass is 32.2. The fourth-order valence-electron chi connectivity index (χ4n) is 2.07. The topological polar surface area (TPSA) is 75.7 Å². The number of hydrogen-bond donors (Lipinski definition) is 1. The molecule has 1 atom stereocenters. The van der Waals surface area contributed by atoms with E-state index in [1.165, 1.54) is 7.11 Å². The summed E-state index contributed by atoms with van der Waals surface area (Å²) in [5, 5.41) is 2.78. The Hall–Kier alpha value is -1.60. The molecule has 0 heterocycles. The van der Waals surface area contributed by atoms with Crippen molar-refractivity contribution in [1.82, 2.24) is 9.62 Å². The molecular formula is C16H26N2O4S. The number of ether oxygens (including phenoxy) is 1. The zero-order valence-corrected chi connectivity index (χ0v) is 15.2. The van der Waals surface area contributed by atoms with Gasteiger partial charge < -0.3 is 10.1 Å². The highest BCUT2D eigenvalue weighted by molar-refractivity contribution is 7.89. The van der Waals surface area contributed by atoms with Crippen molar-refractivity contribution in [2.24, 2.45) is 0 Å². The number of nitrogens with one attached hydrogen (secondary N) is 1. The molecule has 0 radical (unpaired) electrons. The van der Waals surface area contributed by atoms with Crippen molar-refractivity contribution >= 4 is 15.9 Å². The minimum Gasteiger partial charge on any atom is -0.495 e. The lowest BCUT2D eigenvalue weighted by atomic mass is 10.2. The molecule has 1 rings (SSSR count). The van der Waals surface area contributed by atoms with Crippen LogP contribution in [0.1, 0.15) is 32.8 Å². The summed E-state index contributed by atoms with van der Waals surface area (Å²) in [6.07, 6.45) is 0.788. The van der Waals surface area contributed by atoms with Crippen molar-refractivity contribution in [2.75, 3.05) is 20.2 Å². The van der Waals surface area contributed by atoms with Crippen LogP contribution in [0.4, 0.5) is 0 Å². The Labute approximate surface area is 138 Å². The molecule has 6 nitrogen and oxygen atoms in total. The third-order valence-electron chi connectivity index (χ3n) is 3.63. The van der Waals surface area contributed by atoms with E-state index < -0.39 is 10.0 Å². The molecule has 0 saturated carbocycles. The molecule has 0 unspecified atom stereocenters. The van der Waals surface area contributed by atoms with Crippen LogP contribution in [0, 0.1) is 6.92 Å². The first-order valence-corrected chi connectivity index (χ1v) is 9.14. The molecule has 1 aromatic rings. The Balaban J connectivity index is 3.09. The Morgan fingerprint density at radius 2 is 2.00 bits per heavy atom. The standard InChI is InChI=1S/C16H26N2O4S/c1-6-13(4)17-16(19)11-18(7-2)23(20,21)15-10-12(3)8-9-14(15)22-5/h8-10,13H,6-7,11H2,1-5H3,(H,17,19)/t13-/m0/s1. The molecule has 0 bridgehead atoms. The molecule has 0 aromatic heterocycles. The van der Waals surface area contributed by atoms with Gasteiger partial charge in [-0.05, 0) is 38.0 Å². The zero-order valence-electron chi connectivity index (χ0n) is 14.4. The number of rotatable bonds is 8. The average molecular weight is 342 g/mol. The largest absolute Gasteiger partial charge is 0.495 e. The van der Waals surface area contributed by atoms with Crippen molar-refractivity contribution in [3.63, 3.8) is 0 Å². The lowest BCUT2D eigenvalue weighted by Crippen LogP contribution is -2.43. The molecular weight excluding hydrogens is 316 g/mol. The van der Waals surface area contributed by atoms with Crippen molar-refractivity contribution in [2.45, 2.75) is 45.1 Å². The van der Waals surface area contributed by atoms with Crippen LogP contribution >= 0.6 is 0 Å². The molecule has 0 spiro atoms. The summed E-state index contributed by atoms with van der Waals surface area (Å²) < 4.78 is 32.0. The van der Waals surface area contributed by atoms with Gasteiger partial charge in [0.1, 0.15) is 10.6 Å². The van der Waals surface area contributed by atoms with Crippen molar-refractivity contribution in [3.8, 4) is 5.75 Å². The van der Waals surface area contributed by atoms with Gasteiger partial charge >= 0.3 is 0 Å². The Kier molecular flexibility index (Phi) is 7.02. The predicted octanol–water partition coefficient (Wildman–Crippen LogP) is 1.93. The highest BCUT2D eigenvalue weighted by Gasteiger charge is 2.28. The van der Waals surface area contributed by atoms with Crippen molar-refractivity contribution in [1.29, 1.82) is 0 Å². The number of nitrogens with zero attached hydrogens (tertiary/aromatic N) is 1. The van der Waals surface area contributed by atoms with E-state index in [1.54, 1.807) is 25.1 Å². The number of amides is 1. The van der Waals surface area contributed by atoms with Crippen molar-refractivity contribution < 1.29 is 17.9 Å². The minimum absolute atomic E-state index is 0.0115. The van der Waals surface area contributed by atoms with Crippen LogP contribution in [0.2, 0.25) is 0 Å². The molecule has 7 heteroatoms. The smallest absolute Gasteiger partial charge is 0.247 e.